The molecule has 0 saturated carbocycles. The molecule has 0 heterocycles. The Morgan fingerprint density at radius 3 is 2.07 bits per heavy atom. The number of nitrogens with zero attached hydrogens (tertiary/aromatic N) is 1. The third kappa shape index (κ3) is 13.2. The van der Waals surface area contributed by atoms with Crippen LogP contribution in [-0.2, 0) is 16.0 Å². The van der Waals surface area contributed by atoms with Crippen molar-refractivity contribution in [3.8, 4) is 5.75 Å². The van der Waals surface area contributed by atoms with Gasteiger partial charge in [-0.2, -0.15) is 0 Å². The van der Waals surface area contributed by atoms with Gasteiger partial charge in [-0.3, -0.25) is 9.59 Å². The maximum atomic E-state index is 12.2. The average Bonchev–Trinajstić information content (AvgIpc) is 2.65. The highest BCUT2D eigenvalue weighted by molar-refractivity contribution is 5.77. The molecule has 0 bridgehead atoms. The summed E-state index contributed by atoms with van der Waals surface area (Å²) in [6.07, 6.45) is 9.47. The third-order valence-corrected chi connectivity index (χ3v) is 5.08. The molecule has 6 heteroatoms. The summed E-state index contributed by atoms with van der Waals surface area (Å²) in [6, 6.07) is 7.96. The molecule has 6 nitrogen and oxygen atoms in total. The second-order valence-electron chi connectivity index (χ2n) is 9.16. The smallest absolute Gasteiger partial charge is 0.305 e. The Bertz CT molecular complexity index is 623. The molecule has 1 aromatic rings. The van der Waals surface area contributed by atoms with Gasteiger partial charge in [0.05, 0.1) is 47.3 Å². The second kappa shape index (κ2) is 14.0. The summed E-state index contributed by atoms with van der Waals surface area (Å²) in [5, 5.41) is 12.0. The molecule has 0 saturated heterocycles. The lowest BCUT2D eigenvalue weighted by Crippen LogP contribution is -2.49. The first-order valence-electron chi connectivity index (χ1n) is 11.1. The number of ether oxygens (including phenoxy) is 1. The van der Waals surface area contributed by atoms with E-state index in [1.165, 1.54) is 31.2 Å². The number of likely N-dealkylation sites (N-methyl/N-ethyl adjacent to an activating group) is 1. The lowest BCUT2D eigenvalue weighted by molar-refractivity contribution is -0.871. The van der Waals surface area contributed by atoms with Gasteiger partial charge in [0.25, 0.3) is 0 Å². The summed E-state index contributed by atoms with van der Waals surface area (Å²) in [7, 11) is 7.68. The Kier molecular flexibility index (Phi) is 12.1. The van der Waals surface area contributed by atoms with Gasteiger partial charge in [-0.25, -0.2) is 0 Å². The number of aryl methyl sites for hydroxylation is 1. The number of benzene rings is 1. The van der Waals surface area contributed by atoms with Crippen LogP contribution in [-0.4, -0.2) is 62.3 Å². The van der Waals surface area contributed by atoms with E-state index in [9.17, 15) is 9.59 Å². The third-order valence-electron chi connectivity index (χ3n) is 5.08. The largest absolute Gasteiger partial charge is 0.497 e. The van der Waals surface area contributed by atoms with Gasteiger partial charge in [0, 0.05) is 6.42 Å². The standard InChI is InChI=1S/C24H40N2O4/c1-26(2,3)19-21(18-24(28)29)25-23(27)13-11-9-7-5-6-8-10-12-20-14-16-22(30-4)17-15-20/h14-17,21H,5-13,18-19H2,1-4H3,(H-,25,27,28,29)/p+1/t21-/m1/s1. The maximum Gasteiger partial charge on any atom is 0.305 e. The Morgan fingerprint density at radius 2 is 1.53 bits per heavy atom. The fourth-order valence-corrected chi connectivity index (χ4v) is 3.62. The fourth-order valence-electron chi connectivity index (χ4n) is 3.62. The molecule has 30 heavy (non-hydrogen) atoms. The van der Waals surface area contributed by atoms with Gasteiger partial charge in [0.2, 0.25) is 5.91 Å². The molecule has 0 aliphatic rings. The first kappa shape index (κ1) is 26.0. The van der Waals surface area contributed by atoms with Crippen molar-refractivity contribution < 1.29 is 23.9 Å². The van der Waals surface area contributed by atoms with Crippen LogP contribution in [0.2, 0.25) is 0 Å². The summed E-state index contributed by atoms with van der Waals surface area (Å²) in [6.45, 7) is 0.606. The summed E-state index contributed by atoms with van der Waals surface area (Å²) < 4.78 is 5.80. The minimum absolute atomic E-state index is 0.0300. The van der Waals surface area contributed by atoms with Crippen LogP contribution in [0.15, 0.2) is 24.3 Å². The zero-order chi connectivity index (χ0) is 22.4. The van der Waals surface area contributed by atoms with Crippen molar-refractivity contribution >= 4 is 11.9 Å². The second-order valence-corrected chi connectivity index (χ2v) is 9.16. The van der Waals surface area contributed by atoms with Gasteiger partial charge < -0.3 is 19.6 Å². The van der Waals surface area contributed by atoms with E-state index < -0.39 is 5.97 Å². The molecule has 1 rings (SSSR count). The highest BCUT2D eigenvalue weighted by Crippen LogP contribution is 2.15. The van der Waals surface area contributed by atoms with Crippen LogP contribution in [0.1, 0.15) is 63.4 Å². The highest BCUT2D eigenvalue weighted by Gasteiger charge is 2.22. The first-order valence-corrected chi connectivity index (χ1v) is 11.1. The Morgan fingerprint density at radius 1 is 0.967 bits per heavy atom. The van der Waals surface area contributed by atoms with Crippen molar-refractivity contribution in [1.82, 2.24) is 5.32 Å². The number of carbonyl (C=O) groups is 2. The van der Waals surface area contributed by atoms with E-state index >= 15 is 0 Å². The Balaban J connectivity index is 2.07. The number of amides is 1. The van der Waals surface area contributed by atoms with Crippen molar-refractivity contribution in [1.29, 1.82) is 0 Å². The number of carboxylic acids is 1. The van der Waals surface area contributed by atoms with Gasteiger partial charge >= 0.3 is 5.97 Å². The minimum Gasteiger partial charge on any atom is -0.497 e. The predicted octanol–water partition coefficient (Wildman–Crippen LogP) is 4.02. The molecule has 0 radical (unpaired) electrons. The van der Waals surface area contributed by atoms with E-state index in [-0.39, 0.29) is 18.4 Å². The monoisotopic (exact) mass is 421 g/mol. The molecule has 0 fully saturated rings. The van der Waals surface area contributed by atoms with Crippen molar-refractivity contribution in [2.24, 2.45) is 0 Å². The van der Waals surface area contributed by atoms with Gasteiger partial charge in [0.15, 0.2) is 0 Å². The number of hydrogen-bond donors (Lipinski definition) is 2. The van der Waals surface area contributed by atoms with Crippen molar-refractivity contribution in [2.45, 2.75) is 70.3 Å². The number of unbranched alkanes of at least 4 members (excludes halogenated alkanes) is 6. The summed E-state index contributed by atoms with van der Waals surface area (Å²) >= 11 is 0. The number of aliphatic carboxylic acids is 1. The number of rotatable bonds is 16. The van der Waals surface area contributed by atoms with Crippen molar-refractivity contribution in [3.63, 3.8) is 0 Å². The molecular weight excluding hydrogens is 380 g/mol. The van der Waals surface area contributed by atoms with E-state index in [4.69, 9.17) is 9.84 Å². The van der Waals surface area contributed by atoms with E-state index in [2.05, 4.69) is 17.4 Å². The summed E-state index contributed by atoms with van der Waals surface area (Å²) in [4.78, 5) is 23.2. The minimum atomic E-state index is -0.874. The van der Waals surface area contributed by atoms with Crippen LogP contribution in [0, 0.1) is 0 Å². The number of nitrogens with one attached hydrogen (secondary N) is 1. The number of quaternary nitrogens is 1. The molecule has 1 amide bonds. The fraction of sp³-hybridized carbons (Fsp3) is 0.667. The highest BCUT2D eigenvalue weighted by atomic mass is 16.5. The van der Waals surface area contributed by atoms with Crippen LogP contribution in [0.5, 0.6) is 5.75 Å². The molecule has 0 aromatic heterocycles. The predicted molar refractivity (Wildman–Crippen MR) is 121 cm³/mol. The topological polar surface area (TPSA) is 75.6 Å². The number of methoxy groups -OCH3 is 1. The van der Waals surface area contributed by atoms with Crippen LogP contribution in [0.4, 0.5) is 0 Å². The molecule has 0 unspecified atom stereocenters. The number of carbonyl (C=O) groups excluding carboxylic acids is 1. The SMILES string of the molecule is COc1ccc(CCCCCCCCCC(=O)N[C@H](CC(=O)O)C[N+](C)(C)C)cc1. The van der Waals surface area contributed by atoms with Gasteiger partial charge in [-0.15, -0.1) is 0 Å². The van der Waals surface area contributed by atoms with Gasteiger partial charge in [0.1, 0.15) is 5.75 Å². The van der Waals surface area contributed by atoms with E-state index in [0.29, 0.717) is 17.4 Å². The maximum absolute atomic E-state index is 12.2. The van der Waals surface area contributed by atoms with Gasteiger partial charge in [-0.1, -0.05) is 44.2 Å². The van der Waals surface area contributed by atoms with E-state index in [1.54, 1.807) is 7.11 Å². The molecule has 0 aliphatic heterocycles. The number of hydrogen-bond acceptors (Lipinski definition) is 3. The molecule has 1 aromatic carbocycles. The molecular formula is C24H41N2O4+. The molecule has 1 atom stereocenters. The molecule has 170 valence electrons. The lowest BCUT2D eigenvalue weighted by Gasteiger charge is -2.29. The van der Waals surface area contributed by atoms with Crippen LogP contribution in [0.25, 0.3) is 0 Å². The first-order chi connectivity index (χ1) is 14.2. The van der Waals surface area contributed by atoms with Crippen molar-refractivity contribution in [3.05, 3.63) is 29.8 Å². The summed E-state index contributed by atoms with van der Waals surface area (Å²) in [5.74, 6) is -0.00635. The van der Waals surface area contributed by atoms with Crippen molar-refractivity contribution in [2.75, 3.05) is 34.8 Å². The Hall–Kier alpha value is -2.08. The van der Waals surface area contributed by atoms with E-state index in [1.807, 2.05) is 33.3 Å². The molecule has 0 spiro atoms. The van der Waals surface area contributed by atoms with E-state index in [0.717, 1.165) is 31.4 Å². The Labute approximate surface area is 182 Å². The normalized spacial score (nSPS) is 12.4. The quantitative estimate of drug-likeness (QED) is 0.312. The zero-order valence-corrected chi connectivity index (χ0v) is 19.3. The lowest BCUT2D eigenvalue weighted by atomic mass is 10.0. The van der Waals surface area contributed by atoms with Crippen LogP contribution < -0.4 is 10.1 Å². The van der Waals surface area contributed by atoms with Crippen LogP contribution in [0.3, 0.4) is 0 Å². The summed E-state index contributed by atoms with van der Waals surface area (Å²) in [5.41, 5.74) is 1.35. The molecule has 0 aliphatic carbocycles. The molecule has 2 N–H and O–H groups in total. The zero-order valence-electron chi connectivity index (χ0n) is 19.3. The van der Waals surface area contributed by atoms with Crippen LogP contribution >= 0.6 is 0 Å². The van der Waals surface area contributed by atoms with Gasteiger partial charge in [-0.05, 0) is 37.0 Å². The average molecular weight is 422 g/mol. The number of carboxylic acid groups (broad SMARTS) is 1.